The molecule has 1 fully saturated rings. The van der Waals surface area contributed by atoms with E-state index in [0.717, 1.165) is 26.2 Å². The summed E-state index contributed by atoms with van der Waals surface area (Å²) in [7, 11) is 1.69. The molecule has 1 saturated heterocycles. The molecule has 4 heteroatoms. The van der Waals surface area contributed by atoms with Crippen LogP contribution in [0.4, 0.5) is 0 Å². The second-order valence-corrected chi connectivity index (χ2v) is 3.79. The van der Waals surface area contributed by atoms with Crippen molar-refractivity contribution < 1.29 is 4.79 Å². The lowest BCUT2D eigenvalue weighted by Crippen LogP contribution is -2.49. The summed E-state index contributed by atoms with van der Waals surface area (Å²) in [6, 6.07) is 0. The summed E-state index contributed by atoms with van der Waals surface area (Å²) in [5.41, 5.74) is 0. The lowest BCUT2D eigenvalue weighted by molar-refractivity contribution is -0.122. The molecule has 4 nitrogen and oxygen atoms in total. The van der Waals surface area contributed by atoms with Crippen LogP contribution in [0.5, 0.6) is 0 Å². The molecule has 0 saturated carbocycles. The number of carbonyl (C=O) groups is 1. The van der Waals surface area contributed by atoms with E-state index in [1.165, 1.54) is 13.0 Å². The first-order valence-corrected chi connectivity index (χ1v) is 5.41. The highest BCUT2D eigenvalue weighted by atomic mass is 16.1. The third-order valence-electron chi connectivity index (χ3n) is 2.65. The number of piperazine rings is 1. The first-order valence-electron chi connectivity index (χ1n) is 5.41. The Bertz CT molecular complexity index is 176. The summed E-state index contributed by atoms with van der Waals surface area (Å²) in [6.45, 7) is 8.19. The molecule has 1 heterocycles. The van der Waals surface area contributed by atoms with Gasteiger partial charge < -0.3 is 10.2 Å². The summed E-state index contributed by atoms with van der Waals surface area (Å²) in [5.74, 6) is 0.119. The quantitative estimate of drug-likeness (QED) is 0.679. The zero-order valence-electron chi connectivity index (χ0n) is 9.25. The van der Waals surface area contributed by atoms with Crippen LogP contribution in [-0.4, -0.2) is 62.0 Å². The van der Waals surface area contributed by atoms with Crippen LogP contribution in [0.25, 0.3) is 0 Å². The molecule has 0 atom stereocenters. The number of nitrogens with one attached hydrogen (secondary N) is 1. The van der Waals surface area contributed by atoms with E-state index in [-0.39, 0.29) is 5.91 Å². The van der Waals surface area contributed by atoms with Crippen LogP contribution in [0.15, 0.2) is 0 Å². The van der Waals surface area contributed by atoms with Crippen LogP contribution in [0.2, 0.25) is 0 Å². The number of likely N-dealkylation sites (N-methyl/N-ethyl adjacent to an activating group) is 1. The largest absolute Gasteiger partial charge is 0.358 e. The van der Waals surface area contributed by atoms with E-state index in [9.17, 15) is 4.79 Å². The van der Waals surface area contributed by atoms with Crippen LogP contribution < -0.4 is 5.32 Å². The number of carbonyl (C=O) groups excluding carboxylic acids is 1. The van der Waals surface area contributed by atoms with E-state index in [1.54, 1.807) is 7.05 Å². The van der Waals surface area contributed by atoms with E-state index in [0.29, 0.717) is 6.54 Å². The van der Waals surface area contributed by atoms with Gasteiger partial charge in [-0.1, -0.05) is 6.92 Å². The Morgan fingerprint density at radius 3 is 2.29 bits per heavy atom. The van der Waals surface area contributed by atoms with Gasteiger partial charge in [-0.05, 0) is 13.0 Å². The molecule has 0 aromatic heterocycles. The van der Waals surface area contributed by atoms with Gasteiger partial charge in [0.05, 0.1) is 6.54 Å². The van der Waals surface area contributed by atoms with Crippen molar-refractivity contribution in [2.24, 2.45) is 0 Å². The minimum Gasteiger partial charge on any atom is -0.358 e. The first kappa shape index (κ1) is 11.5. The molecule has 1 rings (SSSR count). The maximum atomic E-state index is 11.1. The molecule has 1 N–H and O–H groups in total. The number of hydrogen-bond donors (Lipinski definition) is 1. The van der Waals surface area contributed by atoms with E-state index >= 15 is 0 Å². The van der Waals surface area contributed by atoms with Gasteiger partial charge in [0, 0.05) is 33.2 Å². The van der Waals surface area contributed by atoms with Crippen molar-refractivity contribution in [3.8, 4) is 0 Å². The third kappa shape index (κ3) is 3.64. The second-order valence-electron chi connectivity index (χ2n) is 3.79. The summed E-state index contributed by atoms with van der Waals surface area (Å²) in [5, 5.41) is 2.65. The number of rotatable bonds is 4. The summed E-state index contributed by atoms with van der Waals surface area (Å²) >= 11 is 0. The van der Waals surface area contributed by atoms with Gasteiger partial charge in [-0.15, -0.1) is 0 Å². The average molecular weight is 199 g/mol. The van der Waals surface area contributed by atoms with Gasteiger partial charge in [-0.3, -0.25) is 9.69 Å². The molecule has 0 aromatic carbocycles. The van der Waals surface area contributed by atoms with Crippen LogP contribution in [0.1, 0.15) is 13.3 Å². The van der Waals surface area contributed by atoms with Crippen molar-refractivity contribution in [1.82, 2.24) is 15.1 Å². The molecule has 0 aliphatic carbocycles. The van der Waals surface area contributed by atoms with Gasteiger partial charge in [-0.2, -0.15) is 0 Å². The van der Waals surface area contributed by atoms with E-state index < -0.39 is 0 Å². The molecule has 0 radical (unpaired) electrons. The van der Waals surface area contributed by atoms with Crippen LogP contribution in [-0.2, 0) is 4.79 Å². The standard InChI is InChI=1S/C10H21N3O/c1-3-4-12-5-7-13(8-6-12)9-10(14)11-2/h3-9H2,1-2H3,(H,11,14). The van der Waals surface area contributed by atoms with E-state index in [1.807, 2.05) is 0 Å². The highest BCUT2D eigenvalue weighted by Crippen LogP contribution is 2.01. The summed E-state index contributed by atoms with van der Waals surface area (Å²) < 4.78 is 0. The second kappa shape index (κ2) is 5.98. The predicted molar refractivity (Wildman–Crippen MR) is 57.2 cm³/mol. The van der Waals surface area contributed by atoms with Gasteiger partial charge in [0.15, 0.2) is 0 Å². The van der Waals surface area contributed by atoms with Crippen LogP contribution in [0.3, 0.4) is 0 Å². The first-order chi connectivity index (χ1) is 6.76. The smallest absolute Gasteiger partial charge is 0.233 e. The SMILES string of the molecule is CCCN1CCN(CC(=O)NC)CC1. The van der Waals surface area contributed by atoms with Gasteiger partial charge in [0.25, 0.3) is 0 Å². The molecule has 14 heavy (non-hydrogen) atoms. The minimum atomic E-state index is 0.119. The maximum Gasteiger partial charge on any atom is 0.233 e. The molecule has 82 valence electrons. The Labute approximate surface area is 86.2 Å². The lowest BCUT2D eigenvalue weighted by atomic mass is 10.3. The van der Waals surface area contributed by atoms with Gasteiger partial charge in [0.1, 0.15) is 0 Å². The van der Waals surface area contributed by atoms with Gasteiger partial charge in [0.2, 0.25) is 5.91 Å². The molecule has 0 aromatic rings. The third-order valence-corrected chi connectivity index (χ3v) is 2.65. The molecular formula is C10H21N3O. The van der Waals surface area contributed by atoms with Gasteiger partial charge >= 0.3 is 0 Å². The fraction of sp³-hybridized carbons (Fsp3) is 0.900. The fourth-order valence-electron chi connectivity index (χ4n) is 1.77. The minimum absolute atomic E-state index is 0.119. The zero-order chi connectivity index (χ0) is 10.4. The summed E-state index contributed by atoms with van der Waals surface area (Å²) in [6.07, 6.45) is 1.22. The van der Waals surface area contributed by atoms with Crippen LogP contribution >= 0.6 is 0 Å². The molecule has 1 aliphatic heterocycles. The monoisotopic (exact) mass is 199 g/mol. The zero-order valence-corrected chi connectivity index (χ0v) is 9.25. The van der Waals surface area contributed by atoms with E-state index in [4.69, 9.17) is 0 Å². The fourth-order valence-corrected chi connectivity index (χ4v) is 1.77. The van der Waals surface area contributed by atoms with Crippen molar-refractivity contribution in [2.75, 3.05) is 46.3 Å². The molecule has 0 bridgehead atoms. The lowest BCUT2D eigenvalue weighted by Gasteiger charge is -2.33. The molecule has 1 aliphatic rings. The van der Waals surface area contributed by atoms with Gasteiger partial charge in [-0.25, -0.2) is 0 Å². The summed E-state index contributed by atoms with van der Waals surface area (Å²) in [4.78, 5) is 15.8. The molecule has 0 unspecified atom stereocenters. The van der Waals surface area contributed by atoms with Crippen molar-refractivity contribution in [2.45, 2.75) is 13.3 Å². The van der Waals surface area contributed by atoms with Crippen molar-refractivity contribution in [3.63, 3.8) is 0 Å². The Balaban J connectivity index is 2.18. The Hall–Kier alpha value is -0.610. The highest BCUT2D eigenvalue weighted by molar-refractivity contribution is 5.77. The topological polar surface area (TPSA) is 35.6 Å². The molecule has 0 spiro atoms. The van der Waals surface area contributed by atoms with Crippen molar-refractivity contribution in [3.05, 3.63) is 0 Å². The number of nitrogens with zero attached hydrogens (tertiary/aromatic N) is 2. The average Bonchev–Trinajstić information content (AvgIpc) is 2.21. The number of hydrogen-bond acceptors (Lipinski definition) is 3. The highest BCUT2D eigenvalue weighted by Gasteiger charge is 2.17. The Morgan fingerprint density at radius 2 is 1.79 bits per heavy atom. The predicted octanol–water partition coefficient (Wildman–Crippen LogP) is -0.240. The Morgan fingerprint density at radius 1 is 1.21 bits per heavy atom. The van der Waals surface area contributed by atoms with Crippen molar-refractivity contribution >= 4 is 5.91 Å². The molecular weight excluding hydrogens is 178 g/mol. The molecule has 1 amide bonds. The number of amides is 1. The maximum absolute atomic E-state index is 11.1. The van der Waals surface area contributed by atoms with Crippen LogP contribution in [0, 0.1) is 0 Å². The van der Waals surface area contributed by atoms with E-state index in [2.05, 4.69) is 22.0 Å². The van der Waals surface area contributed by atoms with Crippen molar-refractivity contribution in [1.29, 1.82) is 0 Å². The Kier molecular flexibility index (Phi) is 4.90. The normalized spacial score (nSPS) is 19.6.